The number of benzene rings is 8. The first kappa shape index (κ1) is 38.4. The smallest absolute Gasteiger partial charge is 0.0566 e. The van der Waals surface area contributed by atoms with Crippen LogP contribution in [0.4, 0.5) is 11.4 Å². The van der Waals surface area contributed by atoms with Crippen molar-refractivity contribution >= 4 is 28.1 Å². The molecule has 8 aromatic rings. The number of anilines is 2. The lowest BCUT2D eigenvalue weighted by Crippen LogP contribution is -2.38. The van der Waals surface area contributed by atoms with Gasteiger partial charge in [-0.25, -0.2) is 0 Å². The Kier molecular flexibility index (Phi) is 10.6. The summed E-state index contributed by atoms with van der Waals surface area (Å²) in [6.45, 7) is 0. The molecular formula is C58H50N2. The topological polar surface area (TPSA) is 6.48 Å². The molecule has 0 spiro atoms. The van der Waals surface area contributed by atoms with E-state index in [1.54, 1.807) is 0 Å². The quantitative estimate of drug-likeness (QED) is 0.137. The molecule has 0 aliphatic heterocycles. The average Bonchev–Trinajstić information content (AvgIpc) is 3.32. The molecule has 0 saturated heterocycles. The van der Waals surface area contributed by atoms with Gasteiger partial charge in [0.15, 0.2) is 0 Å². The Hall–Kier alpha value is -7.16. The summed E-state index contributed by atoms with van der Waals surface area (Å²) in [5.74, 6) is -0.0712. The summed E-state index contributed by atoms with van der Waals surface area (Å²) < 4.78 is 0. The first-order valence-corrected chi connectivity index (χ1v) is 20.9. The highest BCUT2D eigenvalue weighted by atomic mass is 15.1. The highest BCUT2D eigenvalue weighted by Gasteiger charge is 2.50. The van der Waals surface area contributed by atoms with Crippen LogP contribution in [0.5, 0.6) is 0 Å². The zero-order valence-electron chi connectivity index (χ0n) is 34.8. The minimum atomic E-state index is -0.630. The standard InChI is InChI=1S/C58H50N2/c1-59(2)52-29-17-25-48(39-52)42-31-33-44(34-32-42)54-41-55(45-19-9-5-10-20-45)58(50-27-15-8-16-28-50,51-37-35-43(36-38-51)49-26-18-30-53(40-49)60(3)4)57(47-23-13-7-14-24-47)56(54)46-21-11-6-12-22-46/h5-41,55H,1-4H3. The molecule has 2 unspecified atom stereocenters. The van der Waals surface area contributed by atoms with Gasteiger partial charge in [-0.2, -0.15) is 0 Å². The number of hydrogen-bond donors (Lipinski definition) is 0. The van der Waals surface area contributed by atoms with Crippen molar-refractivity contribution < 1.29 is 0 Å². The summed E-state index contributed by atoms with van der Waals surface area (Å²) in [7, 11) is 8.38. The van der Waals surface area contributed by atoms with E-state index in [0.717, 1.165) is 0 Å². The zero-order chi connectivity index (χ0) is 41.1. The number of rotatable bonds is 10. The van der Waals surface area contributed by atoms with Crippen LogP contribution in [0, 0.1) is 0 Å². The molecule has 9 rings (SSSR count). The van der Waals surface area contributed by atoms with E-state index in [0.29, 0.717) is 0 Å². The zero-order valence-corrected chi connectivity index (χ0v) is 34.8. The van der Waals surface area contributed by atoms with Crippen LogP contribution >= 0.6 is 0 Å². The Morgan fingerprint density at radius 3 is 1.28 bits per heavy atom. The first-order valence-electron chi connectivity index (χ1n) is 20.9. The summed E-state index contributed by atoms with van der Waals surface area (Å²) in [4.78, 5) is 4.32. The summed E-state index contributed by atoms with van der Waals surface area (Å²) in [5.41, 5.74) is 17.6. The van der Waals surface area contributed by atoms with Crippen molar-refractivity contribution in [1.82, 2.24) is 0 Å². The van der Waals surface area contributed by atoms with Gasteiger partial charge in [-0.1, -0.05) is 200 Å². The van der Waals surface area contributed by atoms with Gasteiger partial charge in [-0.3, -0.25) is 0 Å². The summed E-state index contributed by atoms with van der Waals surface area (Å²) in [6, 6.07) is 80.7. The third kappa shape index (κ3) is 7.16. The Labute approximate surface area is 356 Å². The van der Waals surface area contributed by atoms with E-state index in [2.05, 4.69) is 262 Å². The van der Waals surface area contributed by atoms with Crippen molar-refractivity contribution in [2.45, 2.75) is 11.3 Å². The second-order valence-electron chi connectivity index (χ2n) is 16.2. The summed E-state index contributed by atoms with van der Waals surface area (Å²) >= 11 is 0. The molecule has 2 heteroatoms. The molecule has 2 nitrogen and oxygen atoms in total. The molecule has 8 aromatic carbocycles. The maximum Gasteiger partial charge on any atom is 0.0566 e. The Morgan fingerprint density at radius 1 is 0.350 bits per heavy atom. The van der Waals surface area contributed by atoms with Crippen molar-refractivity contribution in [2.75, 3.05) is 38.0 Å². The van der Waals surface area contributed by atoms with Gasteiger partial charge in [0.25, 0.3) is 0 Å². The van der Waals surface area contributed by atoms with Crippen LogP contribution in [-0.2, 0) is 5.41 Å². The van der Waals surface area contributed by atoms with Crippen LogP contribution in [0.25, 0.3) is 39.0 Å². The van der Waals surface area contributed by atoms with Crippen LogP contribution in [0.2, 0.25) is 0 Å². The lowest BCUT2D eigenvalue weighted by Gasteiger charge is -2.48. The minimum Gasteiger partial charge on any atom is -0.378 e. The van der Waals surface area contributed by atoms with Gasteiger partial charge in [0.05, 0.1) is 5.41 Å². The molecule has 0 radical (unpaired) electrons. The molecule has 2 atom stereocenters. The van der Waals surface area contributed by atoms with E-state index >= 15 is 0 Å². The molecule has 0 saturated carbocycles. The molecule has 0 aromatic heterocycles. The van der Waals surface area contributed by atoms with Gasteiger partial charge in [-0.05, 0) is 96.6 Å². The molecule has 0 bridgehead atoms. The molecular weight excluding hydrogens is 725 g/mol. The van der Waals surface area contributed by atoms with Gasteiger partial charge in [-0.15, -0.1) is 0 Å². The Balaban J connectivity index is 1.35. The van der Waals surface area contributed by atoms with Crippen molar-refractivity contribution in [1.29, 1.82) is 0 Å². The van der Waals surface area contributed by atoms with E-state index in [4.69, 9.17) is 0 Å². The molecule has 0 heterocycles. The fourth-order valence-electron chi connectivity index (χ4n) is 9.20. The molecule has 0 amide bonds. The second-order valence-corrected chi connectivity index (χ2v) is 16.2. The minimum absolute atomic E-state index is 0.0712. The predicted molar refractivity (Wildman–Crippen MR) is 256 cm³/mol. The maximum absolute atomic E-state index is 2.58. The first-order chi connectivity index (χ1) is 29.4. The molecule has 60 heavy (non-hydrogen) atoms. The van der Waals surface area contributed by atoms with Gasteiger partial charge < -0.3 is 9.80 Å². The van der Waals surface area contributed by atoms with E-state index in [1.165, 1.54) is 83.7 Å². The molecule has 1 aliphatic rings. The summed E-state index contributed by atoms with van der Waals surface area (Å²) in [5, 5.41) is 0. The van der Waals surface area contributed by atoms with Crippen LogP contribution in [-0.4, -0.2) is 28.2 Å². The Bertz CT molecular complexity index is 2770. The highest BCUT2D eigenvalue weighted by Crippen LogP contribution is 2.61. The Morgan fingerprint density at radius 2 is 0.767 bits per heavy atom. The van der Waals surface area contributed by atoms with E-state index in [1.807, 2.05) is 0 Å². The fourth-order valence-corrected chi connectivity index (χ4v) is 9.20. The predicted octanol–water partition coefficient (Wildman–Crippen LogP) is 13.9. The monoisotopic (exact) mass is 774 g/mol. The molecule has 1 aliphatic carbocycles. The SMILES string of the molecule is CN(C)c1cccc(-c2ccc(C3=CC(c4ccccc4)C(c4ccccc4)(c4ccc(-c5cccc(N(C)C)c5)cc4)C(c4ccccc4)=C3c3ccccc3)cc2)c1. The fraction of sp³-hybridized carbons (Fsp3) is 0.103. The number of allylic oxidation sites excluding steroid dienone is 4. The van der Waals surface area contributed by atoms with Crippen molar-refractivity contribution in [3.8, 4) is 22.3 Å². The third-order valence-corrected chi connectivity index (χ3v) is 12.2. The average molecular weight is 775 g/mol. The molecule has 0 N–H and O–H groups in total. The number of nitrogens with zero attached hydrogens (tertiary/aromatic N) is 2. The second kappa shape index (κ2) is 16.6. The van der Waals surface area contributed by atoms with Crippen molar-refractivity contribution in [2.24, 2.45) is 0 Å². The van der Waals surface area contributed by atoms with Gasteiger partial charge in [0, 0.05) is 45.5 Å². The van der Waals surface area contributed by atoms with E-state index in [9.17, 15) is 0 Å². The van der Waals surface area contributed by atoms with Crippen molar-refractivity contribution in [3.63, 3.8) is 0 Å². The van der Waals surface area contributed by atoms with E-state index < -0.39 is 5.41 Å². The van der Waals surface area contributed by atoms with Gasteiger partial charge in [0.1, 0.15) is 0 Å². The largest absolute Gasteiger partial charge is 0.378 e. The van der Waals surface area contributed by atoms with Crippen LogP contribution in [0.1, 0.15) is 39.3 Å². The van der Waals surface area contributed by atoms with Gasteiger partial charge >= 0.3 is 0 Å². The van der Waals surface area contributed by atoms with Crippen LogP contribution in [0.15, 0.2) is 224 Å². The number of hydrogen-bond acceptors (Lipinski definition) is 2. The van der Waals surface area contributed by atoms with E-state index in [-0.39, 0.29) is 5.92 Å². The van der Waals surface area contributed by atoms with Crippen LogP contribution < -0.4 is 9.80 Å². The molecule has 0 fully saturated rings. The van der Waals surface area contributed by atoms with Crippen LogP contribution in [0.3, 0.4) is 0 Å². The van der Waals surface area contributed by atoms with Crippen molar-refractivity contribution in [3.05, 3.63) is 258 Å². The lowest BCUT2D eigenvalue weighted by molar-refractivity contribution is 0.587. The molecule has 292 valence electrons. The van der Waals surface area contributed by atoms with Gasteiger partial charge in [0.2, 0.25) is 0 Å². The maximum atomic E-state index is 2.58. The lowest BCUT2D eigenvalue weighted by atomic mass is 9.53. The summed E-state index contributed by atoms with van der Waals surface area (Å²) in [6.07, 6.45) is 2.58. The third-order valence-electron chi connectivity index (χ3n) is 12.2. The highest BCUT2D eigenvalue weighted by molar-refractivity contribution is 6.19. The normalized spacial score (nSPS) is 16.3.